The monoisotopic (exact) mass is 226 g/mol. The van der Waals surface area contributed by atoms with E-state index in [1.807, 2.05) is 0 Å². The smallest absolute Gasteiger partial charge is 0.0774 e. The molecule has 2 aliphatic rings. The van der Waals surface area contributed by atoms with Crippen LogP contribution in [0, 0.1) is 0 Å². The van der Waals surface area contributed by atoms with Crippen LogP contribution in [0.1, 0.15) is 51.9 Å². The molecule has 0 aromatic carbocycles. The third-order valence-electron chi connectivity index (χ3n) is 4.48. The molecule has 0 aromatic rings. The second kappa shape index (κ2) is 5.03. The number of β-amino-alcohol motifs (C(OH)–C–C–N with tert-alkyl or cyclic N) is 1. The summed E-state index contributed by atoms with van der Waals surface area (Å²) in [6.07, 6.45) is 8.08. The highest BCUT2D eigenvalue weighted by atomic mass is 16.3. The molecule has 1 saturated heterocycles. The van der Waals surface area contributed by atoms with Gasteiger partial charge in [-0.2, -0.15) is 0 Å². The quantitative estimate of drug-likeness (QED) is 0.766. The van der Waals surface area contributed by atoms with E-state index in [9.17, 15) is 5.11 Å². The summed E-state index contributed by atoms with van der Waals surface area (Å²) < 4.78 is 0. The van der Waals surface area contributed by atoms with Gasteiger partial charge >= 0.3 is 0 Å². The van der Waals surface area contributed by atoms with Crippen molar-refractivity contribution >= 4 is 0 Å². The Bertz CT molecular complexity index is 226. The molecule has 2 unspecified atom stereocenters. The maximum atomic E-state index is 10.5. The summed E-state index contributed by atoms with van der Waals surface area (Å²) >= 11 is 0. The number of nitrogens with two attached hydrogens (primary N) is 1. The molecule has 3 nitrogen and oxygen atoms in total. The molecule has 2 atom stereocenters. The van der Waals surface area contributed by atoms with Crippen LogP contribution in [-0.4, -0.2) is 40.8 Å². The molecule has 0 spiro atoms. The van der Waals surface area contributed by atoms with Crippen LogP contribution in [0.5, 0.6) is 0 Å². The molecule has 0 radical (unpaired) electrons. The minimum atomic E-state index is -0.418. The summed E-state index contributed by atoms with van der Waals surface area (Å²) in [7, 11) is 0. The number of hydrogen-bond acceptors (Lipinski definition) is 3. The van der Waals surface area contributed by atoms with E-state index in [0.717, 1.165) is 25.9 Å². The summed E-state index contributed by atoms with van der Waals surface area (Å²) in [6.45, 7) is 3.86. The number of nitrogens with zero attached hydrogens (tertiary/aromatic N) is 1. The lowest BCUT2D eigenvalue weighted by atomic mass is 9.92. The summed E-state index contributed by atoms with van der Waals surface area (Å²) in [5.74, 6) is 0. The van der Waals surface area contributed by atoms with Crippen molar-refractivity contribution in [2.75, 3.05) is 13.1 Å². The maximum Gasteiger partial charge on any atom is 0.0774 e. The Morgan fingerprint density at radius 1 is 1.25 bits per heavy atom. The van der Waals surface area contributed by atoms with Gasteiger partial charge in [0.25, 0.3) is 0 Å². The summed E-state index contributed by atoms with van der Waals surface area (Å²) in [5.41, 5.74) is 5.43. The topological polar surface area (TPSA) is 49.5 Å². The molecular weight excluding hydrogens is 200 g/mol. The van der Waals surface area contributed by atoms with E-state index in [4.69, 9.17) is 5.73 Å². The lowest BCUT2D eigenvalue weighted by Gasteiger charge is -2.43. The van der Waals surface area contributed by atoms with Gasteiger partial charge in [0.15, 0.2) is 0 Å². The normalized spacial score (nSPS) is 35.4. The fourth-order valence-electron chi connectivity index (χ4n) is 3.41. The van der Waals surface area contributed by atoms with Crippen molar-refractivity contribution in [1.82, 2.24) is 4.90 Å². The Labute approximate surface area is 99.0 Å². The zero-order valence-corrected chi connectivity index (χ0v) is 10.5. The van der Waals surface area contributed by atoms with Gasteiger partial charge in [0.05, 0.1) is 5.60 Å². The lowest BCUT2D eigenvalue weighted by Crippen LogP contribution is -2.54. The van der Waals surface area contributed by atoms with Crippen LogP contribution in [0.4, 0.5) is 0 Å². The summed E-state index contributed by atoms with van der Waals surface area (Å²) in [5, 5.41) is 10.5. The van der Waals surface area contributed by atoms with Gasteiger partial charge in [0.2, 0.25) is 0 Å². The summed E-state index contributed by atoms with van der Waals surface area (Å²) in [4.78, 5) is 2.47. The van der Waals surface area contributed by atoms with Crippen LogP contribution in [0.25, 0.3) is 0 Å². The average molecular weight is 226 g/mol. The standard InChI is InChI=1S/C13H26N2O/c1-11-5-4-6-12(9-14)15(11)10-13(16)7-2-3-8-13/h11-12,16H,2-10,14H2,1H3. The molecule has 94 valence electrons. The molecule has 0 aromatic heterocycles. The van der Waals surface area contributed by atoms with Crippen molar-refractivity contribution < 1.29 is 5.11 Å². The molecule has 1 aliphatic heterocycles. The first kappa shape index (κ1) is 12.3. The van der Waals surface area contributed by atoms with Crippen LogP contribution in [0.3, 0.4) is 0 Å². The van der Waals surface area contributed by atoms with Crippen molar-refractivity contribution in [3.8, 4) is 0 Å². The Morgan fingerprint density at radius 3 is 2.56 bits per heavy atom. The van der Waals surface area contributed by atoms with Crippen LogP contribution in [-0.2, 0) is 0 Å². The van der Waals surface area contributed by atoms with E-state index in [0.29, 0.717) is 12.1 Å². The highest BCUT2D eigenvalue weighted by Crippen LogP contribution is 2.33. The summed E-state index contributed by atoms with van der Waals surface area (Å²) in [6, 6.07) is 1.08. The second-order valence-electron chi connectivity index (χ2n) is 5.77. The third kappa shape index (κ3) is 2.58. The van der Waals surface area contributed by atoms with Gasteiger partial charge in [-0.05, 0) is 32.6 Å². The molecule has 2 fully saturated rings. The van der Waals surface area contributed by atoms with Gasteiger partial charge < -0.3 is 10.8 Å². The van der Waals surface area contributed by atoms with Gasteiger partial charge in [0.1, 0.15) is 0 Å². The molecule has 3 heteroatoms. The first-order valence-corrected chi connectivity index (χ1v) is 6.83. The fourth-order valence-corrected chi connectivity index (χ4v) is 3.41. The first-order valence-electron chi connectivity index (χ1n) is 6.83. The second-order valence-corrected chi connectivity index (χ2v) is 5.77. The van der Waals surface area contributed by atoms with E-state index < -0.39 is 5.60 Å². The van der Waals surface area contributed by atoms with Crippen molar-refractivity contribution in [3.05, 3.63) is 0 Å². The van der Waals surface area contributed by atoms with Gasteiger partial charge in [0, 0.05) is 25.2 Å². The molecular formula is C13H26N2O. The molecule has 1 aliphatic carbocycles. The number of rotatable bonds is 3. The molecule has 16 heavy (non-hydrogen) atoms. The highest BCUT2D eigenvalue weighted by Gasteiger charge is 2.37. The zero-order valence-electron chi connectivity index (χ0n) is 10.5. The molecule has 1 saturated carbocycles. The third-order valence-corrected chi connectivity index (χ3v) is 4.48. The van der Waals surface area contributed by atoms with E-state index >= 15 is 0 Å². The largest absolute Gasteiger partial charge is 0.389 e. The van der Waals surface area contributed by atoms with Crippen molar-refractivity contribution in [1.29, 1.82) is 0 Å². The number of aliphatic hydroxyl groups is 1. The van der Waals surface area contributed by atoms with E-state index in [1.165, 1.54) is 32.1 Å². The van der Waals surface area contributed by atoms with Crippen LogP contribution in [0.2, 0.25) is 0 Å². The minimum Gasteiger partial charge on any atom is -0.389 e. The predicted molar refractivity (Wildman–Crippen MR) is 66.3 cm³/mol. The van der Waals surface area contributed by atoms with Gasteiger partial charge in [-0.25, -0.2) is 0 Å². The van der Waals surface area contributed by atoms with Gasteiger partial charge in [-0.15, -0.1) is 0 Å². The van der Waals surface area contributed by atoms with Gasteiger partial charge in [-0.3, -0.25) is 4.90 Å². The first-order chi connectivity index (χ1) is 7.64. The molecule has 3 N–H and O–H groups in total. The Kier molecular flexibility index (Phi) is 3.88. The van der Waals surface area contributed by atoms with Gasteiger partial charge in [-0.1, -0.05) is 19.3 Å². The van der Waals surface area contributed by atoms with E-state index in [-0.39, 0.29) is 0 Å². The molecule has 0 bridgehead atoms. The average Bonchev–Trinajstić information content (AvgIpc) is 2.68. The minimum absolute atomic E-state index is 0.418. The zero-order chi connectivity index (χ0) is 11.6. The van der Waals surface area contributed by atoms with Crippen molar-refractivity contribution in [2.45, 2.75) is 69.6 Å². The highest BCUT2D eigenvalue weighted by molar-refractivity contribution is 4.92. The predicted octanol–water partition coefficient (Wildman–Crippen LogP) is 1.49. The van der Waals surface area contributed by atoms with Crippen LogP contribution >= 0.6 is 0 Å². The number of hydrogen-bond donors (Lipinski definition) is 2. The van der Waals surface area contributed by atoms with Crippen molar-refractivity contribution in [2.24, 2.45) is 5.73 Å². The van der Waals surface area contributed by atoms with Crippen molar-refractivity contribution in [3.63, 3.8) is 0 Å². The molecule has 0 amide bonds. The maximum absolute atomic E-state index is 10.5. The Balaban J connectivity index is 1.99. The van der Waals surface area contributed by atoms with E-state index in [2.05, 4.69) is 11.8 Å². The lowest BCUT2D eigenvalue weighted by molar-refractivity contribution is -0.0277. The number of piperidine rings is 1. The Morgan fingerprint density at radius 2 is 1.94 bits per heavy atom. The Hall–Kier alpha value is -0.120. The van der Waals surface area contributed by atoms with Crippen LogP contribution < -0.4 is 5.73 Å². The fraction of sp³-hybridized carbons (Fsp3) is 1.00. The van der Waals surface area contributed by atoms with Crippen LogP contribution in [0.15, 0.2) is 0 Å². The molecule has 1 heterocycles. The molecule has 2 rings (SSSR count). The number of likely N-dealkylation sites (tertiary alicyclic amines) is 1. The SMILES string of the molecule is CC1CCCC(CN)N1CC1(O)CCCC1. The van der Waals surface area contributed by atoms with E-state index in [1.54, 1.807) is 0 Å².